The predicted octanol–water partition coefficient (Wildman–Crippen LogP) is -0.837. The molecule has 0 unspecified atom stereocenters. The average molecular weight is 266 g/mol. The maximum absolute atomic E-state index is 11.5. The Bertz CT molecular complexity index is 303. The fourth-order valence-electron chi connectivity index (χ4n) is 1.21. The van der Waals surface area contributed by atoms with Crippen molar-refractivity contribution in [2.75, 3.05) is 44.9 Å². The lowest BCUT2D eigenvalue weighted by Crippen LogP contribution is -2.33. The highest BCUT2D eigenvalue weighted by Gasteiger charge is 2.15. The van der Waals surface area contributed by atoms with E-state index < -0.39 is 21.5 Å². The monoisotopic (exact) mass is 266 g/mol. The summed E-state index contributed by atoms with van der Waals surface area (Å²) in [7, 11) is -1.68. The van der Waals surface area contributed by atoms with Crippen LogP contribution in [0.1, 0.15) is 13.3 Å². The molecular formula is C10H22N2O4S. The molecule has 0 radical (unpaired) electrons. The molecule has 0 saturated carbocycles. The zero-order valence-corrected chi connectivity index (χ0v) is 11.3. The molecule has 0 saturated heterocycles. The van der Waals surface area contributed by atoms with Crippen molar-refractivity contribution in [2.45, 2.75) is 13.3 Å². The highest BCUT2D eigenvalue weighted by molar-refractivity contribution is 7.92. The quantitative estimate of drug-likeness (QED) is 0.504. The first-order valence-corrected chi connectivity index (χ1v) is 7.50. The summed E-state index contributed by atoms with van der Waals surface area (Å²) in [4.78, 5) is 11.1. The molecule has 0 atom stereocenters. The van der Waals surface area contributed by atoms with E-state index in [1.165, 1.54) is 0 Å². The van der Waals surface area contributed by atoms with Crippen LogP contribution in [-0.4, -0.2) is 59.2 Å². The number of amides is 1. The minimum Gasteiger partial charge on any atom is -0.385 e. The Morgan fingerprint density at radius 2 is 2.00 bits per heavy atom. The summed E-state index contributed by atoms with van der Waals surface area (Å²) in [5.74, 6) is -0.885. The summed E-state index contributed by atoms with van der Waals surface area (Å²) in [6.45, 7) is 3.93. The van der Waals surface area contributed by atoms with Gasteiger partial charge < -0.3 is 15.4 Å². The molecule has 0 aliphatic rings. The second-order valence-corrected chi connectivity index (χ2v) is 5.83. The first-order valence-electron chi connectivity index (χ1n) is 5.68. The topological polar surface area (TPSA) is 84.5 Å². The number of carbonyl (C=O) groups is 1. The number of hydrogen-bond acceptors (Lipinski definition) is 5. The number of rotatable bonds is 10. The summed E-state index contributed by atoms with van der Waals surface area (Å²) in [5, 5.41) is 5.46. The summed E-state index contributed by atoms with van der Waals surface area (Å²) in [5.41, 5.74) is 0. The molecule has 2 N–H and O–H groups in total. The van der Waals surface area contributed by atoms with E-state index in [9.17, 15) is 13.2 Å². The van der Waals surface area contributed by atoms with E-state index in [4.69, 9.17) is 4.74 Å². The van der Waals surface area contributed by atoms with E-state index in [1.807, 2.05) is 0 Å². The van der Waals surface area contributed by atoms with E-state index in [2.05, 4.69) is 10.6 Å². The molecule has 0 bridgehead atoms. The standard InChI is InChI=1S/C10H22N2O4S/c1-3-12-10(13)9-17(14,15)8-6-11-5-4-7-16-2/h11H,3-9H2,1-2H3,(H,12,13). The molecule has 0 fully saturated rings. The molecule has 0 rings (SSSR count). The molecule has 1 amide bonds. The van der Waals surface area contributed by atoms with Crippen LogP contribution in [0.25, 0.3) is 0 Å². The summed E-state index contributed by atoms with van der Waals surface area (Å²) in [6, 6.07) is 0. The maximum Gasteiger partial charge on any atom is 0.235 e. The van der Waals surface area contributed by atoms with Crippen LogP contribution in [-0.2, 0) is 19.4 Å². The molecule has 102 valence electrons. The third-order valence-electron chi connectivity index (χ3n) is 2.02. The second kappa shape index (κ2) is 9.38. The molecule has 0 aromatic carbocycles. The molecule has 0 aliphatic carbocycles. The van der Waals surface area contributed by atoms with E-state index >= 15 is 0 Å². The molecular weight excluding hydrogens is 244 g/mol. The van der Waals surface area contributed by atoms with Gasteiger partial charge in [-0.05, 0) is 19.9 Å². The SMILES string of the molecule is CCNC(=O)CS(=O)(=O)CCNCCCOC. The first-order chi connectivity index (χ1) is 8.02. The van der Waals surface area contributed by atoms with Crippen molar-refractivity contribution in [2.24, 2.45) is 0 Å². The minimum atomic E-state index is -3.30. The lowest BCUT2D eigenvalue weighted by atomic mass is 10.4. The zero-order valence-electron chi connectivity index (χ0n) is 10.5. The molecule has 0 heterocycles. The van der Waals surface area contributed by atoms with Gasteiger partial charge in [0.05, 0.1) is 5.75 Å². The summed E-state index contributed by atoms with van der Waals surface area (Å²) in [6.07, 6.45) is 0.840. The van der Waals surface area contributed by atoms with Gasteiger partial charge in [-0.15, -0.1) is 0 Å². The van der Waals surface area contributed by atoms with Crippen molar-refractivity contribution in [3.63, 3.8) is 0 Å². The van der Waals surface area contributed by atoms with E-state index in [0.717, 1.165) is 6.42 Å². The third kappa shape index (κ3) is 10.2. The van der Waals surface area contributed by atoms with Gasteiger partial charge in [-0.3, -0.25) is 4.79 Å². The Kier molecular flexibility index (Phi) is 9.01. The Morgan fingerprint density at radius 3 is 2.59 bits per heavy atom. The van der Waals surface area contributed by atoms with E-state index in [-0.39, 0.29) is 5.75 Å². The van der Waals surface area contributed by atoms with Crippen molar-refractivity contribution in [1.82, 2.24) is 10.6 Å². The number of sulfone groups is 1. The van der Waals surface area contributed by atoms with Gasteiger partial charge in [-0.25, -0.2) is 8.42 Å². The van der Waals surface area contributed by atoms with Crippen molar-refractivity contribution >= 4 is 15.7 Å². The van der Waals surface area contributed by atoms with Crippen molar-refractivity contribution < 1.29 is 17.9 Å². The third-order valence-corrected chi connectivity index (χ3v) is 3.54. The van der Waals surface area contributed by atoms with Gasteiger partial charge in [-0.1, -0.05) is 0 Å². The van der Waals surface area contributed by atoms with Crippen LogP contribution in [0.5, 0.6) is 0 Å². The summed E-state index contributed by atoms with van der Waals surface area (Å²) < 4.78 is 27.8. The number of carbonyl (C=O) groups excluding carboxylic acids is 1. The number of methoxy groups -OCH3 is 1. The Hall–Kier alpha value is -0.660. The van der Waals surface area contributed by atoms with Crippen LogP contribution in [0.4, 0.5) is 0 Å². The fourth-order valence-corrected chi connectivity index (χ4v) is 2.32. The Morgan fingerprint density at radius 1 is 1.29 bits per heavy atom. The van der Waals surface area contributed by atoms with E-state index in [0.29, 0.717) is 26.2 Å². The van der Waals surface area contributed by atoms with Crippen molar-refractivity contribution in [3.8, 4) is 0 Å². The first kappa shape index (κ1) is 16.3. The van der Waals surface area contributed by atoms with Gasteiger partial charge in [0.2, 0.25) is 5.91 Å². The fraction of sp³-hybridized carbons (Fsp3) is 0.900. The van der Waals surface area contributed by atoms with Crippen LogP contribution in [0.3, 0.4) is 0 Å². The lowest BCUT2D eigenvalue weighted by molar-refractivity contribution is -0.118. The minimum absolute atomic E-state index is 0.0167. The van der Waals surface area contributed by atoms with Crippen molar-refractivity contribution in [3.05, 3.63) is 0 Å². The lowest BCUT2D eigenvalue weighted by Gasteiger charge is -2.06. The second-order valence-electron chi connectivity index (χ2n) is 3.64. The van der Waals surface area contributed by atoms with Crippen LogP contribution in [0.2, 0.25) is 0 Å². The van der Waals surface area contributed by atoms with Crippen LogP contribution in [0.15, 0.2) is 0 Å². The van der Waals surface area contributed by atoms with Gasteiger partial charge in [0, 0.05) is 26.8 Å². The molecule has 7 heteroatoms. The van der Waals surface area contributed by atoms with Gasteiger partial charge in [0.1, 0.15) is 5.75 Å². The van der Waals surface area contributed by atoms with Crippen LogP contribution < -0.4 is 10.6 Å². The van der Waals surface area contributed by atoms with Crippen LogP contribution >= 0.6 is 0 Å². The Labute approximate surface area is 103 Å². The van der Waals surface area contributed by atoms with Crippen LogP contribution in [0, 0.1) is 0 Å². The van der Waals surface area contributed by atoms with Gasteiger partial charge in [0.15, 0.2) is 9.84 Å². The number of nitrogens with one attached hydrogen (secondary N) is 2. The average Bonchev–Trinajstić information content (AvgIpc) is 2.22. The molecule has 0 aliphatic heterocycles. The summed E-state index contributed by atoms with van der Waals surface area (Å²) >= 11 is 0. The molecule has 0 spiro atoms. The number of ether oxygens (including phenoxy) is 1. The predicted molar refractivity (Wildman–Crippen MR) is 66.7 cm³/mol. The molecule has 0 aromatic heterocycles. The van der Waals surface area contributed by atoms with Gasteiger partial charge >= 0.3 is 0 Å². The van der Waals surface area contributed by atoms with Crippen molar-refractivity contribution in [1.29, 1.82) is 0 Å². The highest BCUT2D eigenvalue weighted by Crippen LogP contribution is 1.89. The van der Waals surface area contributed by atoms with Gasteiger partial charge in [0.25, 0.3) is 0 Å². The van der Waals surface area contributed by atoms with Gasteiger partial charge in [-0.2, -0.15) is 0 Å². The van der Waals surface area contributed by atoms with E-state index in [1.54, 1.807) is 14.0 Å². The highest BCUT2D eigenvalue weighted by atomic mass is 32.2. The number of hydrogen-bond donors (Lipinski definition) is 2. The molecule has 17 heavy (non-hydrogen) atoms. The Balaban J connectivity index is 3.68. The molecule has 6 nitrogen and oxygen atoms in total. The maximum atomic E-state index is 11.5. The zero-order chi connectivity index (χ0) is 13.1. The smallest absolute Gasteiger partial charge is 0.235 e. The largest absolute Gasteiger partial charge is 0.385 e. The molecule has 0 aromatic rings. The normalized spacial score (nSPS) is 11.4.